The van der Waals surface area contributed by atoms with E-state index in [1.165, 1.54) is 5.56 Å². The lowest BCUT2D eigenvalue weighted by Crippen LogP contribution is -2.14. The van der Waals surface area contributed by atoms with E-state index in [1.54, 1.807) is 7.11 Å². The van der Waals surface area contributed by atoms with Crippen LogP contribution in [0.2, 0.25) is 0 Å². The lowest BCUT2D eigenvalue weighted by atomic mass is 9.99. The van der Waals surface area contributed by atoms with Gasteiger partial charge in [0.1, 0.15) is 5.75 Å². The molecule has 0 radical (unpaired) electrons. The van der Waals surface area contributed by atoms with Gasteiger partial charge < -0.3 is 9.47 Å². The van der Waals surface area contributed by atoms with E-state index in [0.717, 1.165) is 12.4 Å². The minimum atomic E-state index is 0.229. The average Bonchev–Trinajstić information content (AvgIpc) is 2.17. The van der Waals surface area contributed by atoms with E-state index in [-0.39, 0.29) is 5.41 Å². The second kappa shape index (κ2) is 5.17. The first kappa shape index (κ1) is 12.1. The van der Waals surface area contributed by atoms with Crippen LogP contribution in [0.3, 0.4) is 0 Å². The number of methoxy groups -OCH3 is 1. The molecular formula is C13H20O2. The first-order valence-electron chi connectivity index (χ1n) is 5.22. The van der Waals surface area contributed by atoms with Crippen LogP contribution in [0.4, 0.5) is 0 Å². The lowest BCUT2D eigenvalue weighted by molar-refractivity contribution is 0.0599. The fraction of sp³-hybridized carbons (Fsp3) is 0.538. The van der Waals surface area contributed by atoms with Crippen molar-refractivity contribution in [3.05, 3.63) is 29.8 Å². The van der Waals surface area contributed by atoms with Gasteiger partial charge in [0.05, 0.1) is 20.3 Å². The smallest absolute Gasteiger partial charge is 0.118 e. The molecule has 0 aliphatic rings. The summed E-state index contributed by atoms with van der Waals surface area (Å²) < 4.78 is 10.7. The Morgan fingerprint density at radius 3 is 2.13 bits per heavy atom. The van der Waals surface area contributed by atoms with Gasteiger partial charge in [-0.25, -0.2) is 0 Å². The number of rotatable bonds is 4. The molecule has 0 fully saturated rings. The summed E-state index contributed by atoms with van der Waals surface area (Å²) in [6, 6.07) is 7.97. The number of benzene rings is 1. The Kier molecular flexibility index (Phi) is 4.15. The minimum Gasteiger partial charge on any atom is -0.497 e. The molecule has 0 bridgehead atoms. The molecule has 0 saturated carbocycles. The quantitative estimate of drug-likeness (QED) is 0.756. The van der Waals surface area contributed by atoms with Crippen molar-refractivity contribution in [2.75, 3.05) is 13.7 Å². The predicted octanol–water partition coefficient (Wildman–Crippen LogP) is 3.26. The first-order chi connectivity index (χ1) is 7.01. The summed E-state index contributed by atoms with van der Waals surface area (Å²) >= 11 is 0. The summed E-state index contributed by atoms with van der Waals surface area (Å²) in [5.41, 5.74) is 1.41. The van der Waals surface area contributed by atoms with Gasteiger partial charge in [-0.3, -0.25) is 0 Å². The molecule has 0 aromatic heterocycles. The topological polar surface area (TPSA) is 18.5 Å². The first-order valence-corrected chi connectivity index (χ1v) is 5.22. The van der Waals surface area contributed by atoms with Crippen LogP contribution < -0.4 is 4.74 Å². The molecule has 0 atom stereocenters. The van der Waals surface area contributed by atoms with Gasteiger partial charge in [-0.1, -0.05) is 32.9 Å². The molecule has 1 aromatic rings. The Hall–Kier alpha value is -1.02. The standard InChI is InChI=1S/C13H20O2/c1-13(2,3)10-15-9-11-5-7-12(14-4)8-6-11/h5-8H,9-10H2,1-4H3. The summed E-state index contributed by atoms with van der Waals surface area (Å²) in [7, 11) is 1.67. The monoisotopic (exact) mass is 208 g/mol. The number of hydrogen-bond donors (Lipinski definition) is 0. The predicted molar refractivity (Wildman–Crippen MR) is 62.1 cm³/mol. The van der Waals surface area contributed by atoms with Crippen LogP contribution in [0.5, 0.6) is 5.75 Å². The highest BCUT2D eigenvalue weighted by atomic mass is 16.5. The Labute approximate surface area is 92.2 Å². The molecule has 0 unspecified atom stereocenters. The molecule has 0 heterocycles. The Balaban J connectivity index is 2.38. The maximum Gasteiger partial charge on any atom is 0.118 e. The zero-order valence-electron chi connectivity index (χ0n) is 10.0. The molecule has 15 heavy (non-hydrogen) atoms. The summed E-state index contributed by atoms with van der Waals surface area (Å²) in [5.74, 6) is 0.884. The Morgan fingerprint density at radius 1 is 1.07 bits per heavy atom. The zero-order chi connectivity index (χ0) is 11.3. The summed E-state index contributed by atoms with van der Waals surface area (Å²) in [6.07, 6.45) is 0. The van der Waals surface area contributed by atoms with Crippen molar-refractivity contribution >= 4 is 0 Å². The van der Waals surface area contributed by atoms with Crippen LogP contribution in [-0.4, -0.2) is 13.7 Å². The molecule has 84 valence electrons. The summed E-state index contributed by atoms with van der Waals surface area (Å²) in [4.78, 5) is 0. The molecule has 0 N–H and O–H groups in total. The van der Waals surface area contributed by atoms with E-state index in [0.29, 0.717) is 6.61 Å². The van der Waals surface area contributed by atoms with Gasteiger partial charge in [0.25, 0.3) is 0 Å². The fourth-order valence-electron chi connectivity index (χ4n) is 1.20. The number of ether oxygens (including phenoxy) is 2. The molecule has 0 aliphatic heterocycles. The van der Waals surface area contributed by atoms with Crippen molar-refractivity contribution in [1.82, 2.24) is 0 Å². The van der Waals surface area contributed by atoms with Crippen molar-refractivity contribution in [2.45, 2.75) is 27.4 Å². The van der Waals surface area contributed by atoms with E-state index >= 15 is 0 Å². The van der Waals surface area contributed by atoms with Gasteiger partial charge in [-0.05, 0) is 23.1 Å². The van der Waals surface area contributed by atoms with Gasteiger partial charge in [-0.2, -0.15) is 0 Å². The van der Waals surface area contributed by atoms with Crippen LogP contribution in [-0.2, 0) is 11.3 Å². The Bertz CT molecular complexity index is 282. The molecule has 0 amide bonds. The van der Waals surface area contributed by atoms with Crippen LogP contribution >= 0.6 is 0 Å². The van der Waals surface area contributed by atoms with Crippen LogP contribution in [0, 0.1) is 5.41 Å². The van der Waals surface area contributed by atoms with Gasteiger partial charge in [0, 0.05) is 0 Å². The molecule has 1 aromatic carbocycles. The van der Waals surface area contributed by atoms with Gasteiger partial charge in [0.15, 0.2) is 0 Å². The van der Waals surface area contributed by atoms with Crippen LogP contribution in [0.1, 0.15) is 26.3 Å². The molecular weight excluding hydrogens is 188 g/mol. The van der Waals surface area contributed by atoms with E-state index in [4.69, 9.17) is 9.47 Å². The minimum absolute atomic E-state index is 0.229. The second-order valence-electron chi connectivity index (χ2n) is 4.90. The third-order valence-electron chi connectivity index (χ3n) is 1.96. The normalized spacial score (nSPS) is 11.5. The summed E-state index contributed by atoms with van der Waals surface area (Å²) in [6.45, 7) is 7.95. The van der Waals surface area contributed by atoms with Gasteiger partial charge in [0.2, 0.25) is 0 Å². The molecule has 1 rings (SSSR count). The van der Waals surface area contributed by atoms with E-state index in [1.807, 2.05) is 24.3 Å². The van der Waals surface area contributed by atoms with Crippen molar-refractivity contribution < 1.29 is 9.47 Å². The zero-order valence-corrected chi connectivity index (χ0v) is 10.0. The maximum absolute atomic E-state index is 5.62. The Morgan fingerprint density at radius 2 is 1.67 bits per heavy atom. The molecule has 2 heteroatoms. The van der Waals surface area contributed by atoms with Crippen LogP contribution in [0.15, 0.2) is 24.3 Å². The highest BCUT2D eigenvalue weighted by molar-refractivity contribution is 5.26. The second-order valence-corrected chi connectivity index (χ2v) is 4.90. The molecule has 0 spiro atoms. The van der Waals surface area contributed by atoms with Crippen molar-refractivity contribution in [1.29, 1.82) is 0 Å². The SMILES string of the molecule is COc1ccc(COCC(C)(C)C)cc1. The van der Waals surface area contributed by atoms with Crippen LogP contribution in [0.25, 0.3) is 0 Å². The highest BCUT2D eigenvalue weighted by Crippen LogP contribution is 2.15. The van der Waals surface area contributed by atoms with Gasteiger partial charge in [-0.15, -0.1) is 0 Å². The molecule has 2 nitrogen and oxygen atoms in total. The number of hydrogen-bond acceptors (Lipinski definition) is 2. The van der Waals surface area contributed by atoms with Gasteiger partial charge >= 0.3 is 0 Å². The van der Waals surface area contributed by atoms with E-state index in [9.17, 15) is 0 Å². The highest BCUT2D eigenvalue weighted by Gasteiger charge is 2.09. The lowest BCUT2D eigenvalue weighted by Gasteiger charge is -2.17. The average molecular weight is 208 g/mol. The fourth-order valence-corrected chi connectivity index (χ4v) is 1.20. The largest absolute Gasteiger partial charge is 0.497 e. The molecule has 0 aliphatic carbocycles. The summed E-state index contributed by atoms with van der Waals surface area (Å²) in [5, 5.41) is 0. The third kappa shape index (κ3) is 4.84. The van der Waals surface area contributed by atoms with E-state index < -0.39 is 0 Å². The van der Waals surface area contributed by atoms with Crippen molar-refractivity contribution in [3.8, 4) is 5.75 Å². The van der Waals surface area contributed by atoms with E-state index in [2.05, 4.69) is 20.8 Å². The third-order valence-corrected chi connectivity index (χ3v) is 1.96. The van der Waals surface area contributed by atoms with Crippen molar-refractivity contribution in [3.63, 3.8) is 0 Å². The van der Waals surface area contributed by atoms with Crippen molar-refractivity contribution in [2.24, 2.45) is 5.41 Å². The molecule has 0 saturated heterocycles. The maximum atomic E-state index is 5.62.